The van der Waals surface area contributed by atoms with Crippen molar-refractivity contribution in [1.82, 2.24) is 0 Å². The zero-order chi connectivity index (χ0) is 11.3. The predicted molar refractivity (Wildman–Crippen MR) is 62.2 cm³/mol. The summed E-state index contributed by atoms with van der Waals surface area (Å²) in [6.45, 7) is 1.97. The smallest absolute Gasteiger partial charge is 0.337 e. The molecule has 0 saturated carbocycles. The lowest BCUT2D eigenvalue weighted by molar-refractivity contribution is 0.0600. The second-order valence-corrected chi connectivity index (χ2v) is 4.40. The van der Waals surface area contributed by atoms with E-state index in [9.17, 15) is 4.79 Å². The number of carbonyl (C=O) groups excluding carboxylic acids is 1. The Bertz CT molecular complexity index is 322. The third-order valence-electron chi connectivity index (χ3n) is 1.79. The molecule has 82 valence electrons. The lowest BCUT2D eigenvalue weighted by Gasteiger charge is -2.05. The Morgan fingerprint density at radius 3 is 2.53 bits per heavy atom. The molecule has 0 aliphatic carbocycles. The molecule has 4 heteroatoms. The highest BCUT2D eigenvalue weighted by atomic mass is 32.2. The highest BCUT2D eigenvalue weighted by Gasteiger charge is 2.04. The first-order valence-corrected chi connectivity index (χ1v) is 5.69. The van der Waals surface area contributed by atoms with E-state index < -0.39 is 0 Å². The third kappa shape index (κ3) is 3.93. The van der Waals surface area contributed by atoms with Gasteiger partial charge in [0.25, 0.3) is 0 Å². The van der Waals surface area contributed by atoms with Gasteiger partial charge in [-0.2, -0.15) is 0 Å². The number of nitrogens with two attached hydrogens (primary N) is 1. The molecule has 3 nitrogen and oxygen atoms in total. The van der Waals surface area contributed by atoms with E-state index in [0.29, 0.717) is 5.56 Å². The predicted octanol–water partition coefficient (Wildman–Crippen LogP) is 1.91. The van der Waals surface area contributed by atoms with Crippen molar-refractivity contribution < 1.29 is 9.53 Å². The normalized spacial score (nSPS) is 12.2. The van der Waals surface area contributed by atoms with Crippen LogP contribution in [0.1, 0.15) is 17.3 Å². The molecule has 1 unspecified atom stereocenters. The minimum Gasteiger partial charge on any atom is -0.465 e. The van der Waals surface area contributed by atoms with E-state index in [1.54, 1.807) is 23.9 Å². The Kier molecular flexibility index (Phi) is 4.65. The number of hydrogen-bond donors (Lipinski definition) is 1. The number of methoxy groups -OCH3 is 1. The largest absolute Gasteiger partial charge is 0.465 e. The molecule has 2 N–H and O–H groups in total. The average molecular weight is 225 g/mol. The maximum Gasteiger partial charge on any atom is 0.337 e. The van der Waals surface area contributed by atoms with Crippen molar-refractivity contribution >= 4 is 17.7 Å². The molecule has 0 aliphatic rings. The molecule has 1 atom stereocenters. The molecular formula is C11H15NO2S. The molecule has 0 amide bonds. The maximum atomic E-state index is 11.1. The van der Waals surface area contributed by atoms with Crippen molar-refractivity contribution in [2.24, 2.45) is 5.73 Å². The number of esters is 1. The molecule has 1 aromatic carbocycles. The fourth-order valence-corrected chi connectivity index (χ4v) is 1.82. The summed E-state index contributed by atoms with van der Waals surface area (Å²) in [6.07, 6.45) is 0. The van der Waals surface area contributed by atoms with E-state index in [0.717, 1.165) is 10.6 Å². The van der Waals surface area contributed by atoms with Gasteiger partial charge in [0, 0.05) is 16.7 Å². The highest BCUT2D eigenvalue weighted by Crippen LogP contribution is 2.19. The molecule has 0 heterocycles. The second kappa shape index (κ2) is 5.78. The number of rotatable bonds is 4. The van der Waals surface area contributed by atoms with Crippen LogP contribution in [0.5, 0.6) is 0 Å². The van der Waals surface area contributed by atoms with Crippen molar-refractivity contribution in [3.05, 3.63) is 29.8 Å². The minimum atomic E-state index is -0.307. The summed E-state index contributed by atoms with van der Waals surface area (Å²) in [5.41, 5.74) is 6.22. The van der Waals surface area contributed by atoms with Crippen LogP contribution in [-0.2, 0) is 4.74 Å². The molecular weight excluding hydrogens is 210 g/mol. The zero-order valence-corrected chi connectivity index (χ0v) is 9.71. The van der Waals surface area contributed by atoms with Gasteiger partial charge in [-0.25, -0.2) is 4.79 Å². The van der Waals surface area contributed by atoms with Crippen LogP contribution in [-0.4, -0.2) is 24.9 Å². The average Bonchev–Trinajstić information content (AvgIpc) is 2.26. The lowest BCUT2D eigenvalue weighted by Crippen LogP contribution is -2.17. The number of carbonyl (C=O) groups is 1. The van der Waals surface area contributed by atoms with E-state index >= 15 is 0 Å². The van der Waals surface area contributed by atoms with Crippen molar-refractivity contribution in [2.75, 3.05) is 12.9 Å². The Hall–Kier alpha value is -1.00. The van der Waals surface area contributed by atoms with Gasteiger partial charge in [0.05, 0.1) is 12.7 Å². The van der Waals surface area contributed by atoms with Crippen molar-refractivity contribution in [3.8, 4) is 0 Å². The van der Waals surface area contributed by atoms with E-state index in [4.69, 9.17) is 5.73 Å². The summed E-state index contributed by atoms with van der Waals surface area (Å²) < 4.78 is 4.61. The molecule has 0 bridgehead atoms. The summed E-state index contributed by atoms with van der Waals surface area (Å²) in [5.74, 6) is 0.566. The zero-order valence-electron chi connectivity index (χ0n) is 8.90. The molecule has 1 aromatic rings. The number of thioether (sulfide) groups is 1. The Morgan fingerprint density at radius 1 is 1.47 bits per heavy atom. The summed E-state index contributed by atoms with van der Waals surface area (Å²) in [6, 6.07) is 7.50. The van der Waals surface area contributed by atoms with Gasteiger partial charge in [0.15, 0.2) is 0 Å². The molecule has 0 radical (unpaired) electrons. The molecule has 1 rings (SSSR count). The quantitative estimate of drug-likeness (QED) is 0.628. The summed E-state index contributed by atoms with van der Waals surface area (Å²) in [7, 11) is 1.38. The van der Waals surface area contributed by atoms with Gasteiger partial charge in [0.1, 0.15) is 0 Å². The summed E-state index contributed by atoms with van der Waals surface area (Å²) in [5, 5.41) is 0. The van der Waals surface area contributed by atoms with E-state index in [-0.39, 0.29) is 12.0 Å². The summed E-state index contributed by atoms with van der Waals surface area (Å²) in [4.78, 5) is 12.3. The summed E-state index contributed by atoms with van der Waals surface area (Å²) >= 11 is 1.68. The van der Waals surface area contributed by atoms with Crippen LogP contribution >= 0.6 is 11.8 Å². The second-order valence-electron chi connectivity index (χ2n) is 3.30. The lowest BCUT2D eigenvalue weighted by atomic mass is 10.2. The van der Waals surface area contributed by atoms with Gasteiger partial charge in [-0.05, 0) is 31.2 Å². The minimum absolute atomic E-state index is 0.176. The number of hydrogen-bond acceptors (Lipinski definition) is 4. The molecule has 0 spiro atoms. The van der Waals surface area contributed by atoms with Crippen LogP contribution in [0, 0.1) is 0 Å². The van der Waals surface area contributed by atoms with Gasteiger partial charge in [-0.3, -0.25) is 0 Å². The fourth-order valence-electron chi connectivity index (χ4n) is 1.03. The van der Waals surface area contributed by atoms with Crippen LogP contribution in [0.25, 0.3) is 0 Å². The standard InChI is InChI=1S/C11H15NO2S/c1-8(12)7-15-10-5-3-9(4-6-10)11(13)14-2/h3-6,8H,7,12H2,1-2H3. The Labute approximate surface area is 94.0 Å². The van der Waals surface area contributed by atoms with Crippen LogP contribution in [0.15, 0.2) is 29.2 Å². The van der Waals surface area contributed by atoms with Crippen molar-refractivity contribution in [3.63, 3.8) is 0 Å². The topological polar surface area (TPSA) is 52.3 Å². The first-order chi connectivity index (χ1) is 7.13. The first-order valence-electron chi connectivity index (χ1n) is 4.70. The monoisotopic (exact) mass is 225 g/mol. The van der Waals surface area contributed by atoms with Crippen LogP contribution in [0.3, 0.4) is 0 Å². The van der Waals surface area contributed by atoms with Gasteiger partial charge < -0.3 is 10.5 Å². The number of ether oxygens (including phenoxy) is 1. The molecule has 0 aromatic heterocycles. The van der Waals surface area contributed by atoms with Crippen LogP contribution in [0.2, 0.25) is 0 Å². The molecule has 0 aliphatic heterocycles. The highest BCUT2D eigenvalue weighted by molar-refractivity contribution is 7.99. The maximum absolute atomic E-state index is 11.1. The van der Waals surface area contributed by atoms with Crippen molar-refractivity contribution in [2.45, 2.75) is 17.9 Å². The molecule has 15 heavy (non-hydrogen) atoms. The van der Waals surface area contributed by atoms with Crippen LogP contribution < -0.4 is 5.73 Å². The van der Waals surface area contributed by atoms with Crippen LogP contribution in [0.4, 0.5) is 0 Å². The van der Waals surface area contributed by atoms with E-state index in [1.165, 1.54) is 7.11 Å². The van der Waals surface area contributed by atoms with Gasteiger partial charge in [-0.15, -0.1) is 11.8 Å². The molecule has 0 fully saturated rings. The SMILES string of the molecule is COC(=O)c1ccc(SCC(C)N)cc1. The van der Waals surface area contributed by atoms with Gasteiger partial charge in [0.2, 0.25) is 0 Å². The van der Waals surface area contributed by atoms with E-state index in [1.807, 2.05) is 19.1 Å². The van der Waals surface area contributed by atoms with E-state index in [2.05, 4.69) is 4.74 Å². The first kappa shape index (κ1) is 12.1. The number of benzene rings is 1. The third-order valence-corrected chi connectivity index (χ3v) is 3.09. The van der Waals surface area contributed by atoms with Crippen molar-refractivity contribution in [1.29, 1.82) is 0 Å². The van der Waals surface area contributed by atoms with Gasteiger partial charge >= 0.3 is 5.97 Å². The Balaban J connectivity index is 2.60. The fraction of sp³-hybridized carbons (Fsp3) is 0.364. The molecule has 0 saturated heterocycles. The Morgan fingerprint density at radius 2 is 2.07 bits per heavy atom. The van der Waals surface area contributed by atoms with Gasteiger partial charge in [-0.1, -0.05) is 0 Å².